The largest absolute Gasteiger partial charge is 0.375 e. The molecule has 1 aromatic heterocycles. The predicted octanol–water partition coefficient (Wildman–Crippen LogP) is 2.54. The summed E-state index contributed by atoms with van der Waals surface area (Å²) in [5.41, 5.74) is 1.99. The van der Waals surface area contributed by atoms with E-state index in [1.165, 1.54) is 0 Å². The van der Waals surface area contributed by atoms with Crippen LogP contribution in [-0.2, 0) is 21.8 Å². The minimum Gasteiger partial charge on any atom is -0.375 e. The molecule has 6 heteroatoms. The van der Waals surface area contributed by atoms with E-state index in [2.05, 4.69) is 22.7 Å². The smallest absolute Gasteiger partial charge is 0.242 e. The van der Waals surface area contributed by atoms with Crippen LogP contribution in [0, 0.1) is 0 Å². The van der Waals surface area contributed by atoms with Gasteiger partial charge in [-0.15, -0.1) is 0 Å². The SMILES string of the molecule is CC[C@H]1CN(C(=O)Cn2c(CSC)nc3ccccc32)CCO1. The van der Waals surface area contributed by atoms with Gasteiger partial charge >= 0.3 is 0 Å². The fourth-order valence-corrected chi connectivity index (χ4v) is 3.45. The van der Waals surface area contributed by atoms with E-state index in [4.69, 9.17) is 4.74 Å². The number of rotatable bonds is 5. The molecule has 2 aromatic rings. The molecule has 3 rings (SSSR count). The number of imidazole rings is 1. The molecule has 1 aliphatic heterocycles. The first-order valence-electron chi connectivity index (χ1n) is 8.05. The van der Waals surface area contributed by atoms with Gasteiger partial charge < -0.3 is 14.2 Å². The first-order chi connectivity index (χ1) is 11.2. The van der Waals surface area contributed by atoms with Gasteiger partial charge in [-0.3, -0.25) is 4.79 Å². The standard InChI is InChI=1S/C17H23N3O2S/c1-3-13-10-19(8-9-22-13)17(21)11-20-15-7-5-4-6-14(15)18-16(20)12-23-2/h4-7,13H,3,8-12H2,1-2H3/t13-/m0/s1. The molecule has 124 valence electrons. The molecule has 0 N–H and O–H groups in total. The Morgan fingerprint density at radius 2 is 2.26 bits per heavy atom. The Balaban J connectivity index is 1.82. The van der Waals surface area contributed by atoms with Crippen LogP contribution in [0.15, 0.2) is 24.3 Å². The van der Waals surface area contributed by atoms with Crippen LogP contribution in [0.3, 0.4) is 0 Å². The van der Waals surface area contributed by atoms with E-state index in [1.807, 2.05) is 29.2 Å². The first-order valence-corrected chi connectivity index (χ1v) is 9.44. The molecule has 1 amide bonds. The summed E-state index contributed by atoms with van der Waals surface area (Å²) in [4.78, 5) is 19.3. The molecule has 1 atom stereocenters. The van der Waals surface area contributed by atoms with Crippen molar-refractivity contribution in [3.8, 4) is 0 Å². The Bertz CT molecular complexity index is 686. The maximum atomic E-state index is 12.7. The summed E-state index contributed by atoms with van der Waals surface area (Å²) >= 11 is 1.72. The second kappa shape index (κ2) is 7.36. The van der Waals surface area contributed by atoms with Crippen LogP contribution >= 0.6 is 11.8 Å². The van der Waals surface area contributed by atoms with E-state index in [1.54, 1.807) is 11.8 Å². The third-order valence-corrected chi connectivity index (χ3v) is 4.79. The number of carbonyl (C=O) groups excluding carboxylic acids is 1. The van der Waals surface area contributed by atoms with Crippen LogP contribution in [0.5, 0.6) is 0 Å². The van der Waals surface area contributed by atoms with Crippen molar-refractivity contribution in [2.75, 3.05) is 26.0 Å². The van der Waals surface area contributed by atoms with Crippen molar-refractivity contribution in [1.29, 1.82) is 0 Å². The zero-order valence-electron chi connectivity index (χ0n) is 13.7. The van der Waals surface area contributed by atoms with Gasteiger partial charge in [0, 0.05) is 13.1 Å². The number of amides is 1. The Hall–Kier alpha value is -1.53. The van der Waals surface area contributed by atoms with E-state index >= 15 is 0 Å². The summed E-state index contributed by atoms with van der Waals surface area (Å²) in [5.74, 6) is 1.92. The Kier molecular flexibility index (Phi) is 5.23. The maximum absolute atomic E-state index is 12.7. The topological polar surface area (TPSA) is 47.4 Å². The molecule has 0 bridgehead atoms. The second-order valence-electron chi connectivity index (χ2n) is 5.78. The van der Waals surface area contributed by atoms with Gasteiger partial charge in [0.15, 0.2) is 0 Å². The quantitative estimate of drug-likeness (QED) is 0.844. The minimum absolute atomic E-state index is 0.150. The van der Waals surface area contributed by atoms with Crippen LogP contribution in [0.2, 0.25) is 0 Å². The molecule has 0 spiro atoms. The molecule has 1 aromatic carbocycles. The fourth-order valence-electron chi connectivity index (χ4n) is 2.97. The predicted molar refractivity (Wildman–Crippen MR) is 93.6 cm³/mol. The summed E-state index contributed by atoms with van der Waals surface area (Å²) in [7, 11) is 0. The molecule has 5 nitrogen and oxygen atoms in total. The molecule has 0 radical (unpaired) electrons. The number of nitrogens with zero attached hydrogens (tertiary/aromatic N) is 3. The first kappa shape index (κ1) is 16.3. The highest BCUT2D eigenvalue weighted by Crippen LogP contribution is 2.19. The number of fused-ring (bicyclic) bond motifs is 1. The molecular formula is C17H23N3O2S. The Morgan fingerprint density at radius 3 is 3.04 bits per heavy atom. The number of ether oxygens (including phenoxy) is 1. The van der Waals surface area contributed by atoms with Crippen LogP contribution < -0.4 is 0 Å². The van der Waals surface area contributed by atoms with Gasteiger partial charge in [0.2, 0.25) is 5.91 Å². The molecule has 2 heterocycles. The lowest BCUT2D eigenvalue weighted by atomic mass is 10.2. The fraction of sp³-hybridized carbons (Fsp3) is 0.529. The lowest BCUT2D eigenvalue weighted by molar-refractivity contribution is -0.139. The molecule has 0 saturated carbocycles. The van der Waals surface area contributed by atoms with Gasteiger partial charge in [0.25, 0.3) is 0 Å². The highest BCUT2D eigenvalue weighted by molar-refractivity contribution is 7.97. The van der Waals surface area contributed by atoms with E-state index in [9.17, 15) is 4.79 Å². The summed E-state index contributed by atoms with van der Waals surface area (Å²) in [5, 5.41) is 0. The molecule has 1 fully saturated rings. The zero-order chi connectivity index (χ0) is 16.2. The van der Waals surface area contributed by atoms with Gasteiger partial charge in [0.05, 0.1) is 29.5 Å². The highest BCUT2D eigenvalue weighted by atomic mass is 32.2. The lowest BCUT2D eigenvalue weighted by Gasteiger charge is -2.32. The van der Waals surface area contributed by atoms with Crippen LogP contribution in [0.25, 0.3) is 11.0 Å². The van der Waals surface area contributed by atoms with E-state index in [0.29, 0.717) is 26.2 Å². The van der Waals surface area contributed by atoms with Crippen molar-refractivity contribution in [3.63, 3.8) is 0 Å². The van der Waals surface area contributed by atoms with Crippen molar-refractivity contribution in [3.05, 3.63) is 30.1 Å². The van der Waals surface area contributed by atoms with Crippen molar-refractivity contribution in [2.45, 2.75) is 31.7 Å². The summed E-state index contributed by atoms with van der Waals surface area (Å²) in [6, 6.07) is 8.02. The van der Waals surface area contributed by atoms with Crippen molar-refractivity contribution in [2.24, 2.45) is 0 Å². The van der Waals surface area contributed by atoms with E-state index in [0.717, 1.165) is 29.0 Å². The third kappa shape index (κ3) is 3.53. The third-order valence-electron chi connectivity index (χ3n) is 4.25. The number of carbonyl (C=O) groups is 1. The monoisotopic (exact) mass is 333 g/mol. The number of aromatic nitrogens is 2. The van der Waals surface area contributed by atoms with Crippen LogP contribution in [0.4, 0.5) is 0 Å². The molecule has 0 unspecified atom stereocenters. The zero-order valence-corrected chi connectivity index (χ0v) is 14.5. The van der Waals surface area contributed by atoms with Crippen molar-refractivity contribution in [1.82, 2.24) is 14.5 Å². The second-order valence-corrected chi connectivity index (χ2v) is 6.64. The van der Waals surface area contributed by atoms with E-state index < -0.39 is 0 Å². The highest BCUT2D eigenvalue weighted by Gasteiger charge is 2.24. The molecule has 0 aliphatic carbocycles. The number of para-hydroxylation sites is 2. The molecule has 1 aliphatic rings. The number of morpholine rings is 1. The van der Waals surface area contributed by atoms with Gasteiger partial charge in [-0.1, -0.05) is 19.1 Å². The van der Waals surface area contributed by atoms with Gasteiger partial charge in [0.1, 0.15) is 12.4 Å². The van der Waals surface area contributed by atoms with Crippen molar-refractivity contribution < 1.29 is 9.53 Å². The molecule has 23 heavy (non-hydrogen) atoms. The number of hydrogen-bond donors (Lipinski definition) is 0. The van der Waals surface area contributed by atoms with E-state index in [-0.39, 0.29) is 12.0 Å². The molecular weight excluding hydrogens is 310 g/mol. The van der Waals surface area contributed by atoms with Crippen LogP contribution in [0.1, 0.15) is 19.2 Å². The van der Waals surface area contributed by atoms with Gasteiger partial charge in [-0.05, 0) is 24.8 Å². The number of hydrogen-bond acceptors (Lipinski definition) is 4. The normalized spacial score (nSPS) is 18.5. The van der Waals surface area contributed by atoms with Crippen LogP contribution in [-0.4, -0.2) is 52.4 Å². The summed E-state index contributed by atoms with van der Waals surface area (Å²) in [6.45, 7) is 4.46. The van der Waals surface area contributed by atoms with Gasteiger partial charge in [-0.25, -0.2) is 4.98 Å². The number of thioether (sulfide) groups is 1. The summed E-state index contributed by atoms with van der Waals surface area (Å²) in [6.07, 6.45) is 3.16. The Morgan fingerprint density at radius 1 is 1.43 bits per heavy atom. The average molecular weight is 333 g/mol. The molecule has 1 saturated heterocycles. The lowest BCUT2D eigenvalue weighted by Crippen LogP contribution is -2.46. The Labute approximate surface area is 141 Å². The van der Waals surface area contributed by atoms with Crippen molar-refractivity contribution >= 4 is 28.7 Å². The van der Waals surface area contributed by atoms with Gasteiger partial charge in [-0.2, -0.15) is 11.8 Å². The minimum atomic E-state index is 0.150. The average Bonchev–Trinajstić information content (AvgIpc) is 2.93. The summed E-state index contributed by atoms with van der Waals surface area (Å²) < 4.78 is 7.72. The maximum Gasteiger partial charge on any atom is 0.242 e. The number of benzene rings is 1.